The molecule has 0 bridgehead atoms. The lowest BCUT2D eigenvalue weighted by molar-refractivity contribution is 0.148. The Labute approximate surface area is 106 Å². The second-order valence-corrected chi connectivity index (χ2v) is 4.39. The van der Waals surface area contributed by atoms with Gasteiger partial charge < -0.3 is 10.1 Å². The third-order valence-electron chi connectivity index (χ3n) is 2.21. The van der Waals surface area contributed by atoms with Gasteiger partial charge in [-0.1, -0.05) is 40.2 Å². The molecule has 1 aromatic carbocycles. The van der Waals surface area contributed by atoms with E-state index in [0.717, 1.165) is 11.0 Å². The molecule has 0 radical (unpaired) electrons. The molecule has 0 fully saturated rings. The largest absolute Gasteiger partial charge is 0.373 e. The van der Waals surface area contributed by atoms with Crippen LogP contribution in [0.4, 0.5) is 0 Å². The maximum atomic E-state index is 5.51. The first-order chi connectivity index (χ1) is 7.77. The summed E-state index contributed by atoms with van der Waals surface area (Å²) in [5.74, 6) is 0. The summed E-state index contributed by atoms with van der Waals surface area (Å²) >= 11 is 3.56. The van der Waals surface area contributed by atoms with Gasteiger partial charge >= 0.3 is 0 Å². The highest BCUT2D eigenvalue weighted by Gasteiger charge is 2.01. The molecule has 1 N–H and O–H groups in total. The van der Waals surface area contributed by atoms with E-state index in [1.165, 1.54) is 11.1 Å². The predicted molar refractivity (Wildman–Crippen MR) is 71.4 cm³/mol. The highest BCUT2D eigenvalue weighted by Crippen LogP contribution is 2.19. The van der Waals surface area contributed by atoms with Gasteiger partial charge in [0.1, 0.15) is 0 Å². The van der Waals surface area contributed by atoms with Gasteiger partial charge in [-0.3, -0.25) is 0 Å². The van der Waals surface area contributed by atoms with Crippen molar-refractivity contribution in [3.63, 3.8) is 0 Å². The molecular formula is C13H18BrNO. The van der Waals surface area contributed by atoms with E-state index in [1.54, 1.807) is 0 Å². The number of allylic oxidation sites excluding steroid dienone is 1. The summed E-state index contributed by atoms with van der Waals surface area (Å²) in [6.45, 7) is 4.19. The van der Waals surface area contributed by atoms with E-state index in [2.05, 4.69) is 39.4 Å². The third-order valence-corrected chi connectivity index (χ3v) is 2.94. The molecule has 0 heterocycles. The van der Waals surface area contributed by atoms with Crippen LogP contribution in [0.5, 0.6) is 0 Å². The van der Waals surface area contributed by atoms with Gasteiger partial charge in [0.25, 0.3) is 0 Å². The van der Waals surface area contributed by atoms with Gasteiger partial charge in [-0.05, 0) is 31.2 Å². The average Bonchev–Trinajstić information content (AvgIpc) is 2.27. The maximum absolute atomic E-state index is 5.51. The Morgan fingerprint density at radius 2 is 2.25 bits per heavy atom. The molecule has 0 amide bonds. The van der Waals surface area contributed by atoms with E-state index >= 15 is 0 Å². The zero-order valence-corrected chi connectivity index (χ0v) is 11.4. The molecular weight excluding hydrogens is 266 g/mol. The predicted octanol–water partition coefficient (Wildman–Crippen LogP) is 3.26. The molecule has 1 rings (SSSR count). The Hall–Kier alpha value is -0.640. The van der Waals surface area contributed by atoms with E-state index < -0.39 is 0 Å². The average molecular weight is 284 g/mol. The standard InChI is InChI=1S/C13H18BrNO/c1-3-4-7-16-10-12-6-5-11(9-15-2)8-13(12)14/h3-6,8,15H,7,9-10H2,1-2H3/b4-3+. The van der Waals surface area contributed by atoms with Gasteiger partial charge in [-0.25, -0.2) is 0 Å². The van der Waals surface area contributed by atoms with Crippen LogP contribution in [0.25, 0.3) is 0 Å². The molecule has 1 aromatic rings. The summed E-state index contributed by atoms with van der Waals surface area (Å²) in [5, 5.41) is 3.13. The number of nitrogens with one attached hydrogen (secondary N) is 1. The van der Waals surface area contributed by atoms with Gasteiger partial charge in [-0.15, -0.1) is 0 Å². The fraction of sp³-hybridized carbons (Fsp3) is 0.385. The Balaban J connectivity index is 2.53. The smallest absolute Gasteiger partial charge is 0.0732 e. The normalized spacial score (nSPS) is 11.2. The molecule has 0 aromatic heterocycles. The number of rotatable bonds is 6. The van der Waals surface area contributed by atoms with Gasteiger partial charge in [0.05, 0.1) is 13.2 Å². The van der Waals surface area contributed by atoms with E-state index in [-0.39, 0.29) is 0 Å². The van der Waals surface area contributed by atoms with E-state index in [4.69, 9.17) is 4.74 Å². The van der Waals surface area contributed by atoms with Crippen LogP contribution in [-0.2, 0) is 17.9 Å². The van der Waals surface area contributed by atoms with Crippen LogP contribution in [0.15, 0.2) is 34.8 Å². The number of benzene rings is 1. The van der Waals surface area contributed by atoms with Crippen LogP contribution in [0, 0.1) is 0 Å². The first kappa shape index (κ1) is 13.4. The topological polar surface area (TPSA) is 21.3 Å². The molecule has 0 saturated carbocycles. The molecule has 0 spiro atoms. The van der Waals surface area contributed by atoms with Gasteiger partial charge in [0, 0.05) is 11.0 Å². The SMILES string of the molecule is C/C=C/COCc1ccc(CNC)cc1Br. The van der Waals surface area contributed by atoms with Crippen LogP contribution >= 0.6 is 15.9 Å². The minimum absolute atomic E-state index is 0.644. The summed E-state index contributed by atoms with van der Waals surface area (Å²) in [5.41, 5.74) is 2.45. The van der Waals surface area contributed by atoms with Crippen LogP contribution < -0.4 is 5.32 Å². The highest BCUT2D eigenvalue weighted by atomic mass is 79.9. The Bertz CT molecular complexity index is 350. The second kappa shape index (κ2) is 7.60. The second-order valence-electron chi connectivity index (χ2n) is 3.54. The minimum atomic E-state index is 0.644. The lowest BCUT2D eigenvalue weighted by Crippen LogP contribution is -2.05. The first-order valence-electron chi connectivity index (χ1n) is 5.38. The third kappa shape index (κ3) is 4.47. The fourth-order valence-electron chi connectivity index (χ4n) is 1.36. The quantitative estimate of drug-likeness (QED) is 0.639. The van der Waals surface area contributed by atoms with Gasteiger partial charge in [0.15, 0.2) is 0 Å². The molecule has 3 heteroatoms. The zero-order valence-electron chi connectivity index (χ0n) is 9.79. The van der Waals surface area contributed by atoms with Crippen LogP contribution in [0.1, 0.15) is 18.1 Å². The van der Waals surface area contributed by atoms with Gasteiger partial charge in [-0.2, -0.15) is 0 Å². The van der Waals surface area contributed by atoms with Crippen molar-refractivity contribution in [2.75, 3.05) is 13.7 Å². The molecule has 2 nitrogen and oxygen atoms in total. The van der Waals surface area contributed by atoms with Crippen LogP contribution in [0.2, 0.25) is 0 Å². The lowest BCUT2D eigenvalue weighted by atomic mass is 10.1. The molecule has 0 unspecified atom stereocenters. The summed E-state index contributed by atoms with van der Waals surface area (Å²) in [4.78, 5) is 0. The Morgan fingerprint density at radius 1 is 1.44 bits per heavy atom. The van der Waals surface area contributed by atoms with Crippen LogP contribution in [0.3, 0.4) is 0 Å². The molecule has 88 valence electrons. The fourth-order valence-corrected chi connectivity index (χ4v) is 1.90. The van der Waals surface area contributed by atoms with Crippen molar-refractivity contribution < 1.29 is 4.74 Å². The number of halogens is 1. The summed E-state index contributed by atoms with van der Waals surface area (Å²) in [6.07, 6.45) is 3.99. The van der Waals surface area contributed by atoms with Gasteiger partial charge in [0.2, 0.25) is 0 Å². The molecule has 0 saturated heterocycles. The molecule has 0 atom stereocenters. The minimum Gasteiger partial charge on any atom is -0.373 e. The van der Waals surface area contributed by atoms with Crippen molar-refractivity contribution in [3.05, 3.63) is 46.0 Å². The van der Waals surface area contributed by atoms with Crippen molar-refractivity contribution in [3.8, 4) is 0 Å². The van der Waals surface area contributed by atoms with Crippen molar-refractivity contribution in [1.82, 2.24) is 5.32 Å². The van der Waals surface area contributed by atoms with Crippen LogP contribution in [-0.4, -0.2) is 13.7 Å². The molecule has 0 aliphatic heterocycles. The molecule has 0 aliphatic rings. The van der Waals surface area contributed by atoms with Crippen molar-refractivity contribution in [1.29, 1.82) is 0 Å². The number of hydrogen-bond donors (Lipinski definition) is 1. The van der Waals surface area contributed by atoms with Crippen molar-refractivity contribution in [2.45, 2.75) is 20.1 Å². The zero-order chi connectivity index (χ0) is 11.8. The van der Waals surface area contributed by atoms with Crippen molar-refractivity contribution in [2.24, 2.45) is 0 Å². The monoisotopic (exact) mass is 283 g/mol. The van der Waals surface area contributed by atoms with E-state index in [0.29, 0.717) is 13.2 Å². The lowest BCUT2D eigenvalue weighted by Gasteiger charge is -2.07. The van der Waals surface area contributed by atoms with Crippen molar-refractivity contribution >= 4 is 15.9 Å². The molecule has 16 heavy (non-hydrogen) atoms. The highest BCUT2D eigenvalue weighted by molar-refractivity contribution is 9.10. The summed E-state index contributed by atoms with van der Waals surface area (Å²) < 4.78 is 6.62. The Morgan fingerprint density at radius 3 is 2.88 bits per heavy atom. The first-order valence-corrected chi connectivity index (χ1v) is 6.18. The summed E-state index contributed by atoms with van der Waals surface area (Å²) in [6, 6.07) is 6.35. The number of ether oxygens (including phenoxy) is 1. The van der Waals surface area contributed by atoms with E-state index in [1.807, 2.05) is 26.1 Å². The summed E-state index contributed by atoms with van der Waals surface area (Å²) in [7, 11) is 1.95. The van der Waals surface area contributed by atoms with E-state index in [9.17, 15) is 0 Å². The molecule has 0 aliphatic carbocycles. The Kier molecular flexibility index (Phi) is 6.38. The maximum Gasteiger partial charge on any atom is 0.0732 e. The number of hydrogen-bond acceptors (Lipinski definition) is 2.